The van der Waals surface area contributed by atoms with E-state index in [1.165, 1.54) is 4.90 Å². The monoisotopic (exact) mass is 410 g/mol. The summed E-state index contributed by atoms with van der Waals surface area (Å²) in [6.07, 6.45) is 0.128. The molecular formula is C18H16F2N2O5S. The molecule has 0 spiro atoms. The molecule has 4 rings (SSSR count). The van der Waals surface area contributed by atoms with Gasteiger partial charge in [0.05, 0.1) is 0 Å². The number of hydrogen-bond donors (Lipinski definition) is 1. The van der Waals surface area contributed by atoms with E-state index in [1.807, 2.05) is 0 Å². The Kier molecular flexibility index (Phi) is 4.68. The Bertz CT molecular complexity index is 1040. The molecule has 1 saturated heterocycles. The second-order valence-corrected chi connectivity index (χ2v) is 8.27. The number of nitrogens with one attached hydrogen (secondary N) is 1. The van der Waals surface area contributed by atoms with Crippen LogP contribution in [0.15, 0.2) is 41.3 Å². The lowest BCUT2D eigenvalue weighted by Gasteiger charge is -2.17. The molecule has 1 atom stereocenters. The molecule has 28 heavy (non-hydrogen) atoms. The van der Waals surface area contributed by atoms with Crippen molar-refractivity contribution in [2.45, 2.75) is 11.3 Å². The zero-order chi connectivity index (χ0) is 19.9. The molecule has 2 aromatic rings. The number of amides is 1. The molecule has 2 aliphatic heterocycles. The standard InChI is InChI=1S/C18H16F2N2O5S/c19-12-1-3-14(20)17(6-12)28(24,25)21-8-11-5-18(23)22(9-11)13-2-4-15-16(7-13)27-10-26-15/h1-4,6-7,11,21H,5,8-10H2. The topological polar surface area (TPSA) is 84.9 Å². The average molecular weight is 410 g/mol. The highest BCUT2D eigenvalue weighted by Crippen LogP contribution is 2.37. The van der Waals surface area contributed by atoms with Gasteiger partial charge in [0.15, 0.2) is 11.5 Å². The number of halogens is 2. The van der Waals surface area contributed by atoms with Gasteiger partial charge in [0.25, 0.3) is 0 Å². The fraction of sp³-hybridized carbons (Fsp3) is 0.278. The maximum Gasteiger partial charge on any atom is 0.243 e. The first-order valence-electron chi connectivity index (χ1n) is 8.48. The largest absolute Gasteiger partial charge is 0.454 e. The third-order valence-corrected chi connectivity index (χ3v) is 6.06. The minimum Gasteiger partial charge on any atom is -0.454 e. The first-order chi connectivity index (χ1) is 13.3. The van der Waals surface area contributed by atoms with Gasteiger partial charge in [-0.3, -0.25) is 4.79 Å². The quantitative estimate of drug-likeness (QED) is 0.815. The van der Waals surface area contributed by atoms with Crippen LogP contribution < -0.4 is 19.1 Å². The highest BCUT2D eigenvalue weighted by molar-refractivity contribution is 7.89. The van der Waals surface area contributed by atoms with Crippen molar-refractivity contribution in [3.63, 3.8) is 0 Å². The Labute approximate surface area is 159 Å². The molecule has 1 fully saturated rings. The highest BCUT2D eigenvalue weighted by atomic mass is 32.2. The number of nitrogens with zero attached hydrogens (tertiary/aromatic N) is 1. The van der Waals surface area contributed by atoms with E-state index >= 15 is 0 Å². The predicted molar refractivity (Wildman–Crippen MR) is 94.6 cm³/mol. The van der Waals surface area contributed by atoms with E-state index in [4.69, 9.17) is 9.47 Å². The van der Waals surface area contributed by atoms with Crippen LogP contribution in [0.3, 0.4) is 0 Å². The summed E-state index contributed by atoms with van der Waals surface area (Å²) in [5.41, 5.74) is 0.621. The van der Waals surface area contributed by atoms with E-state index in [0.717, 1.165) is 12.1 Å². The molecule has 2 heterocycles. The number of carbonyl (C=O) groups is 1. The Hall–Kier alpha value is -2.72. The van der Waals surface area contributed by atoms with Crippen molar-refractivity contribution in [3.8, 4) is 11.5 Å². The van der Waals surface area contributed by atoms with Crippen molar-refractivity contribution < 1.29 is 31.5 Å². The van der Waals surface area contributed by atoms with Gasteiger partial charge < -0.3 is 14.4 Å². The van der Waals surface area contributed by atoms with Crippen molar-refractivity contribution in [2.24, 2.45) is 5.92 Å². The Morgan fingerprint density at radius 2 is 1.89 bits per heavy atom. The molecule has 2 aliphatic rings. The summed E-state index contributed by atoms with van der Waals surface area (Å²) in [4.78, 5) is 13.1. The van der Waals surface area contributed by atoms with Crippen LogP contribution in [0.1, 0.15) is 6.42 Å². The van der Waals surface area contributed by atoms with Gasteiger partial charge in [-0.2, -0.15) is 0 Å². The summed E-state index contributed by atoms with van der Waals surface area (Å²) in [5.74, 6) is -1.25. The van der Waals surface area contributed by atoms with E-state index in [2.05, 4.69) is 4.72 Å². The average Bonchev–Trinajstić information content (AvgIpc) is 3.27. The third kappa shape index (κ3) is 3.52. The molecule has 0 aliphatic carbocycles. The number of sulfonamides is 1. The number of fused-ring (bicyclic) bond motifs is 1. The van der Waals surface area contributed by atoms with Crippen LogP contribution in [-0.2, 0) is 14.8 Å². The molecule has 10 heteroatoms. The molecule has 0 saturated carbocycles. The van der Waals surface area contributed by atoms with Crippen LogP contribution in [0.2, 0.25) is 0 Å². The normalized spacial score (nSPS) is 18.7. The van der Waals surface area contributed by atoms with Gasteiger partial charge in [-0.15, -0.1) is 0 Å². The molecule has 0 aromatic heterocycles. The van der Waals surface area contributed by atoms with Gasteiger partial charge in [-0.1, -0.05) is 0 Å². The molecule has 148 valence electrons. The molecule has 1 amide bonds. The summed E-state index contributed by atoms with van der Waals surface area (Å²) in [6.45, 7) is 0.325. The second kappa shape index (κ2) is 7.02. The molecular weight excluding hydrogens is 394 g/mol. The zero-order valence-electron chi connectivity index (χ0n) is 14.5. The number of hydrogen-bond acceptors (Lipinski definition) is 5. The SMILES string of the molecule is O=C1CC(CNS(=O)(=O)c2cc(F)ccc2F)CN1c1ccc2c(c1)OCO2. The van der Waals surface area contributed by atoms with Crippen molar-refractivity contribution in [3.05, 3.63) is 48.0 Å². The van der Waals surface area contributed by atoms with Crippen LogP contribution >= 0.6 is 0 Å². The highest BCUT2D eigenvalue weighted by Gasteiger charge is 2.32. The summed E-state index contributed by atoms with van der Waals surface area (Å²) in [7, 11) is -4.24. The van der Waals surface area contributed by atoms with Crippen molar-refractivity contribution in [1.82, 2.24) is 4.72 Å². The Balaban J connectivity index is 1.44. The zero-order valence-corrected chi connectivity index (χ0v) is 15.3. The molecule has 1 N–H and O–H groups in total. The van der Waals surface area contributed by atoms with Gasteiger partial charge in [0.1, 0.15) is 16.5 Å². The smallest absolute Gasteiger partial charge is 0.243 e. The summed E-state index contributed by atoms with van der Waals surface area (Å²) in [5, 5.41) is 0. The van der Waals surface area contributed by atoms with Gasteiger partial charge >= 0.3 is 0 Å². The van der Waals surface area contributed by atoms with Crippen molar-refractivity contribution in [1.29, 1.82) is 0 Å². The summed E-state index contributed by atoms with van der Waals surface area (Å²) < 4.78 is 64.4. The van der Waals surface area contributed by atoms with E-state index in [9.17, 15) is 22.0 Å². The third-order valence-electron chi connectivity index (χ3n) is 4.62. The number of carbonyl (C=O) groups excluding carboxylic acids is 1. The Morgan fingerprint density at radius 3 is 2.71 bits per heavy atom. The molecule has 0 bridgehead atoms. The van der Waals surface area contributed by atoms with Crippen molar-refractivity contribution in [2.75, 3.05) is 24.8 Å². The van der Waals surface area contributed by atoms with E-state index in [1.54, 1.807) is 18.2 Å². The van der Waals surface area contributed by atoms with Gasteiger partial charge in [-0.05, 0) is 36.2 Å². The molecule has 2 aromatic carbocycles. The summed E-state index contributed by atoms with van der Waals surface area (Å²) >= 11 is 0. The van der Waals surface area contributed by atoms with Crippen LogP contribution in [0.25, 0.3) is 0 Å². The number of rotatable bonds is 5. The lowest BCUT2D eigenvalue weighted by Crippen LogP contribution is -2.31. The minimum absolute atomic E-state index is 0.0783. The number of anilines is 1. The number of ether oxygens (including phenoxy) is 2. The maximum atomic E-state index is 13.8. The van der Waals surface area contributed by atoms with Crippen molar-refractivity contribution >= 4 is 21.6 Å². The predicted octanol–water partition coefficient (Wildman–Crippen LogP) is 2.02. The maximum absolute atomic E-state index is 13.8. The lowest BCUT2D eigenvalue weighted by molar-refractivity contribution is -0.117. The van der Waals surface area contributed by atoms with Crippen LogP contribution in [0.5, 0.6) is 11.5 Å². The molecule has 7 nitrogen and oxygen atoms in total. The second-order valence-electron chi connectivity index (χ2n) is 6.54. The summed E-state index contributed by atoms with van der Waals surface area (Å²) in [6, 6.07) is 7.33. The number of benzene rings is 2. The fourth-order valence-electron chi connectivity index (χ4n) is 3.21. The van der Waals surface area contributed by atoms with E-state index in [0.29, 0.717) is 23.3 Å². The van der Waals surface area contributed by atoms with Crippen LogP contribution in [-0.4, -0.2) is 34.2 Å². The Morgan fingerprint density at radius 1 is 1.11 bits per heavy atom. The fourth-order valence-corrected chi connectivity index (χ4v) is 4.41. The molecule has 1 unspecified atom stereocenters. The first kappa shape index (κ1) is 18.6. The van der Waals surface area contributed by atoms with Crippen LogP contribution in [0, 0.1) is 17.6 Å². The van der Waals surface area contributed by atoms with Gasteiger partial charge in [-0.25, -0.2) is 21.9 Å². The van der Waals surface area contributed by atoms with E-state index < -0.39 is 26.6 Å². The minimum atomic E-state index is -4.24. The lowest BCUT2D eigenvalue weighted by atomic mass is 10.1. The van der Waals surface area contributed by atoms with Crippen LogP contribution in [0.4, 0.5) is 14.5 Å². The first-order valence-corrected chi connectivity index (χ1v) is 9.96. The molecule has 0 radical (unpaired) electrons. The van der Waals surface area contributed by atoms with Gasteiger partial charge in [0.2, 0.25) is 22.7 Å². The van der Waals surface area contributed by atoms with E-state index in [-0.39, 0.29) is 38.1 Å². The van der Waals surface area contributed by atoms with Gasteiger partial charge in [0, 0.05) is 31.3 Å².